The summed E-state index contributed by atoms with van der Waals surface area (Å²) in [5.74, 6) is -3.77. The summed E-state index contributed by atoms with van der Waals surface area (Å²) in [5, 5.41) is 11.8. The number of hydrogen-bond donors (Lipinski definition) is 1. The fraction of sp³-hybridized carbons (Fsp3) is 0.438. The van der Waals surface area contributed by atoms with Crippen molar-refractivity contribution in [3.05, 3.63) is 69.0 Å². The van der Waals surface area contributed by atoms with Crippen LogP contribution in [-0.4, -0.2) is 62.7 Å². The van der Waals surface area contributed by atoms with Gasteiger partial charge in [-0.2, -0.15) is 0 Å². The molecule has 0 spiro atoms. The highest BCUT2D eigenvalue weighted by Gasteiger charge is 2.46. The molecule has 232 valence electrons. The maximum Gasteiger partial charge on any atom is 0.343 e. The molecule has 0 radical (unpaired) electrons. The summed E-state index contributed by atoms with van der Waals surface area (Å²) >= 11 is 0. The van der Waals surface area contributed by atoms with Crippen LogP contribution in [0.3, 0.4) is 0 Å². The molecule has 1 N–H and O–H groups in total. The van der Waals surface area contributed by atoms with Crippen molar-refractivity contribution >= 4 is 22.8 Å². The van der Waals surface area contributed by atoms with Crippen LogP contribution >= 0.6 is 0 Å². The average Bonchev–Trinajstić information content (AvgIpc) is 3.30. The molecule has 1 atom stereocenters. The molecule has 0 bridgehead atoms. The lowest BCUT2D eigenvalue weighted by Crippen LogP contribution is -2.55. The lowest BCUT2D eigenvalue weighted by atomic mass is 9.86. The van der Waals surface area contributed by atoms with Gasteiger partial charge in [0.15, 0.2) is 5.60 Å². The smallest absolute Gasteiger partial charge is 0.343 e. The number of alkyl halides is 2. The molecule has 44 heavy (non-hydrogen) atoms. The van der Waals surface area contributed by atoms with Crippen LogP contribution < -0.4 is 10.3 Å². The van der Waals surface area contributed by atoms with Gasteiger partial charge in [0.1, 0.15) is 24.6 Å². The first-order valence-electron chi connectivity index (χ1n) is 14.4. The van der Waals surface area contributed by atoms with E-state index in [9.17, 15) is 28.3 Å². The van der Waals surface area contributed by atoms with Gasteiger partial charge in [-0.1, -0.05) is 13.5 Å². The van der Waals surface area contributed by atoms with Crippen LogP contribution in [0.4, 0.5) is 8.78 Å². The van der Waals surface area contributed by atoms with Gasteiger partial charge in [-0.25, -0.2) is 23.4 Å². The first-order valence-corrected chi connectivity index (χ1v) is 14.4. The van der Waals surface area contributed by atoms with E-state index < -0.39 is 47.7 Å². The van der Waals surface area contributed by atoms with Crippen molar-refractivity contribution in [3.63, 3.8) is 0 Å². The summed E-state index contributed by atoms with van der Waals surface area (Å²) in [4.78, 5) is 45.0. The van der Waals surface area contributed by atoms with Gasteiger partial charge in [0.2, 0.25) is 0 Å². The summed E-state index contributed by atoms with van der Waals surface area (Å²) in [6, 6.07) is 6.74. The highest BCUT2D eigenvalue weighted by molar-refractivity contribution is 5.90. The molecule has 1 saturated heterocycles. The molecule has 0 unspecified atom stereocenters. The number of rotatable bonds is 7. The average molecular weight is 610 g/mol. The van der Waals surface area contributed by atoms with Crippen molar-refractivity contribution in [2.75, 3.05) is 19.7 Å². The fourth-order valence-corrected chi connectivity index (χ4v) is 5.93. The van der Waals surface area contributed by atoms with Crippen LogP contribution in [0.15, 0.2) is 41.2 Å². The van der Waals surface area contributed by atoms with E-state index in [-0.39, 0.29) is 49.4 Å². The number of aromatic nitrogens is 2. The van der Waals surface area contributed by atoms with E-state index in [0.29, 0.717) is 39.2 Å². The largest absolute Gasteiger partial charge is 0.489 e. The molecule has 0 amide bonds. The van der Waals surface area contributed by atoms with E-state index in [2.05, 4.69) is 6.58 Å². The topological polar surface area (TPSA) is 120 Å². The molecule has 3 aromatic rings. The van der Waals surface area contributed by atoms with Crippen molar-refractivity contribution in [3.8, 4) is 17.1 Å². The number of aliphatic hydroxyl groups is 1. The zero-order valence-electron chi connectivity index (χ0n) is 25.0. The molecular weight excluding hydrogens is 576 g/mol. The Kier molecular flexibility index (Phi) is 6.93. The summed E-state index contributed by atoms with van der Waals surface area (Å²) in [5.41, 5.74) is 0.269. The first kappa shape index (κ1) is 29.9. The molecule has 0 aliphatic carbocycles. The SMILES string of the molecule is C=C(COc1ccc2nc3c(c(CN4CC(F)(F)C4)c2c1)Cn1c-3cc2c(c1=O)COC(=O)[C@]2(O)CC)C(=O)OC(C)(C)C. The third-order valence-electron chi connectivity index (χ3n) is 8.17. The predicted molar refractivity (Wildman–Crippen MR) is 155 cm³/mol. The maximum atomic E-state index is 13.8. The Morgan fingerprint density at radius 1 is 1.18 bits per heavy atom. The maximum absolute atomic E-state index is 13.8. The minimum absolute atomic E-state index is 0.0112. The van der Waals surface area contributed by atoms with E-state index in [1.165, 1.54) is 4.57 Å². The van der Waals surface area contributed by atoms with Crippen molar-refractivity contribution in [2.45, 2.75) is 70.9 Å². The summed E-state index contributed by atoms with van der Waals surface area (Å²) < 4.78 is 45.6. The van der Waals surface area contributed by atoms with Crippen molar-refractivity contribution < 1.29 is 37.7 Å². The molecule has 6 rings (SSSR count). The number of carbonyl (C=O) groups is 2. The second-order valence-electron chi connectivity index (χ2n) is 12.6. The number of carbonyl (C=O) groups excluding carboxylic acids is 2. The lowest BCUT2D eigenvalue weighted by Gasteiger charge is -2.39. The van der Waals surface area contributed by atoms with Crippen LogP contribution in [0.1, 0.15) is 56.4 Å². The number of cyclic esters (lactones) is 1. The monoisotopic (exact) mass is 609 g/mol. The number of hydrogen-bond acceptors (Lipinski definition) is 9. The highest BCUT2D eigenvalue weighted by atomic mass is 19.3. The quantitative estimate of drug-likeness (QED) is 0.246. The van der Waals surface area contributed by atoms with Crippen molar-refractivity contribution in [1.82, 2.24) is 14.5 Å². The van der Waals surface area contributed by atoms with Gasteiger partial charge in [-0.3, -0.25) is 9.69 Å². The molecular formula is C32H33F2N3O7. The number of pyridine rings is 2. The second-order valence-corrected chi connectivity index (χ2v) is 12.6. The van der Waals surface area contributed by atoms with Crippen molar-refractivity contribution in [1.29, 1.82) is 0 Å². The Balaban J connectivity index is 1.41. The minimum atomic E-state index is -2.78. The number of fused-ring (bicyclic) bond motifs is 5. The second kappa shape index (κ2) is 10.2. The number of esters is 2. The Labute approximate surface area is 251 Å². The van der Waals surface area contributed by atoms with Crippen molar-refractivity contribution in [2.24, 2.45) is 0 Å². The van der Waals surface area contributed by atoms with Gasteiger partial charge < -0.3 is 23.9 Å². The molecule has 5 heterocycles. The minimum Gasteiger partial charge on any atom is -0.489 e. The Morgan fingerprint density at radius 2 is 1.91 bits per heavy atom. The zero-order valence-corrected chi connectivity index (χ0v) is 25.0. The van der Waals surface area contributed by atoms with Gasteiger partial charge in [0.05, 0.1) is 47.7 Å². The van der Waals surface area contributed by atoms with Gasteiger partial charge >= 0.3 is 11.9 Å². The summed E-state index contributed by atoms with van der Waals surface area (Å²) in [6.45, 7) is 9.77. The number of likely N-dealkylation sites (tertiary alicyclic amines) is 1. The van der Waals surface area contributed by atoms with E-state index >= 15 is 0 Å². The first-order chi connectivity index (χ1) is 20.6. The number of nitrogens with zero attached hydrogens (tertiary/aromatic N) is 3. The zero-order chi connectivity index (χ0) is 31.8. The van der Waals surface area contributed by atoms with Crippen LogP contribution in [0.2, 0.25) is 0 Å². The fourth-order valence-electron chi connectivity index (χ4n) is 5.93. The van der Waals surface area contributed by atoms with Gasteiger partial charge in [-0.15, -0.1) is 0 Å². The molecule has 3 aliphatic rings. The molecule has 10 nitrogen and oxygen atoms in total. The molecule has 12 heteroatoms. The molecule has 0 saturated carbocycles. The third-order valence-corrected chi connectivity index (χ3v) is 8.17. The van der Waals surface area contributed by atoms with Crippen LogP contribution in [0.5, 0.6) is 5.75 Å². The predicted octanol–water partition coefficient (Wildman–Crippen LogP) is 3.81. The summed E-state index contributed by atoms with van der Waals surface area (Å²) in [7, 11) is 0. The number of ether oxygens (including phenoxy) is 3. The summed E-state index contributed by atoms with van der Waals surface area (Å²) in [6.07, 6.45) is 0.0112. The Bertz CT molecular complexity index is 1800. The van der Waals surface area contributed by atoms with E-state index in [1.54, 1.807) is 56.9 Å². The number of benzene rings is 1. The third kappa shape index (κ3) is 5.05. The molecule has 2 aromatic heterocycles. The van der Waals surface area contributed by atoms with Crippen LogP contribution in [0.25, 0.3) is 22.3 Å². The Hall–Kier alpha value is -4.16. The number of halogens is 2. The van der Waals surface area contributed by atoms with Gasteiger partial charge in [-0.05, 0) is 57.0 Å². The normalized spacial score (nSPS) is 20.3. The van der Waals surface area contributed by atoms with Gasteiger partial charge in [0, 0.05) is 23.1 Å². The molecule has 1 aromatic carbocycles. The van der Waals surface area contributed by atoms with E-state index in [1.807, 2.05) is 0 Å². The molecule has 3 aliphatic heterocycles. The van der Waals surface area contributed by atoms with Crippen LogP contribution in [-0.2, 0) is 44.4 Å². The van der Waals surface area contributed by atoms with Gasteiger partial charge in [0.25, 0.3) is 11.5 Å². The van der Waals surface area contributed by atoms with E-state index in [4.69, 9.17) is 19.2 Å². The standard InChI is InChI=1S/C32H33F2N3O7/c1-6-32(41)23-10-25-26-21(12-37(25)27(38)22(23)14-43-29(32)40)20(11-36-15-31(33,34)16-36)19-9-18(7-8-24(19)35-26)42-13-17(2)28(39)44-30(3,4)5/h7-10,41H,2,6,11-16H2,1,3-5H3/t32-/m0/s1. The van der Waals surface area contributed by atoms with Crippen LogP contribution in [0, 0.1) is 0 Å². The Morgan fingerprint density at radius 3 is 2.57 bits per heavy atom. The highest BCUT2D eigenvalue weighted by Crippen LogP contribution is 2.42. The lowest BCUT2D eigenvalue weighted by molar-refractivity contribution is -0.172. The molecule has 1 fully saturated rings. The van der Waals surface area contributed by atoms with E-state index in [0.717, 1.165) is 0 Å².